The second kappa shape index (κ2) is 38.8. The van der Waals surface area contributed by atoms with Gasteiger partial charge in [-0.05, 0) is 69.1 Å². The van der Waals surface area contributed by atoms with Gasteiger partial charge in [-0.15, -0.1) is 0 Å². The number of aliphatic carboxylic acids is 4. The maximum Gasteiger partial charge on any atom is 0.0445 e. The SMILES string of the molecule is CCCCC(CC)C(=O)[O-].CCCCC(CC)C(=O)[O-].CCCCC(CC)C(=O)[O-].CCCCCCCC(=O)[O-].[Bi]. The summed E-state index contributed by atoms with van der Waals surface area (Å²) >= 11 is 0. The summed E-state index contributed by atoms with van der Waals surface area (Å²) in [6.07, 6.45) is 16.2. The molecule has 9 heteroatoms. The van der Waals surface area contributed by atoms with Crippen LogP contribution in [0.3, 0.4) is 0 Å². The molecule has 0 spiro atoms. The second-order valence-electron chi connectivity index (χ2n) is 10.2. The number of carbonyl (C=O) groups is 4. The zero-order valence-corrected chi connectivity index (χ0v) is 30.7. The van der Waals surface area contributed by atoms with Crippen LogP contribution in [-0.4, -0.2) is 50.1 Å². The van der Waals surface area contributed by atoms with Gasteiger partial charge in [0.1, 0.15) is 0 Å². The molecular weight excluding hydrogens is 721 g/mol. The van der Waals surface area contributed by atoms with E-state index in [2.05, 4.69) is 27.7 Å². The molecule has 0 aromatic heterocycles. The second-order valence-corrected chi connectivity index (χ2v) is 10.2. The van der Waals surface area contributed by atoms with Crippen molar-refractivity contribution in [3.8, 4) is 0 Å². The fourth-order valence-corrected chi connectivity index (χ4v) is 3.69. The van der Waals surface area contributed by atoms with Crippen molar-refractivity contribution in [3.63, 3.8) is 0 Å². The van der Waals surface area contributed by atoms with E-state index >= 15 is 0 Å². The molecule has 0 fully saturated rings. The van der Waals surface area contributed by atoms with Gasteiger partial charge < -0.3 is 39.6 Å². The van der Waals surface area contributed by atoms with Gasteiger partial charge in [-0.25, -0.2) is 0 Å². The molecule has 0 saturated heterocycles. The van der Waals surface area contributed by atoms with Crippen molar-refractivity contribution in [1.82, 2.24) is 0 Å². The Morgan fingerprint density at radius 1 is 0.439 bits per heavy atom. The minimum absolute atomic E-state index is 0. The summed E-state index contributed by atoms with van der Waals surface area (Å²) in [5.41, 5.74) is 0. The summed E-state index contributed by atoms with van der Waals surface area (Å²) in [5, 5.41) is 40.9. The van der Waals surface area contributed by atoms with E-state index in [0.717, 1.165) is 77.0 Å². The number of hydrogen-bond acceptors (Lipinski definition) is 8. The molecular formula is C32H60BiO8-4. The molecule has 0 aliphatic heterocycles. The van der Waals surface area contributed by atoms with Crippen LogP contribution in [0.2, 0.25) is 0 Å². The molecule has 3 radical (unpaired) electrons. The number of carbonyl (C=O) groups excluding carboxylic acids is 4. The summed E-state index contributed by atoms with van der Waals surface area (Å²) in [6.45, 7) is 14.0. The molecule has 0 N–H and O–H groups in total. The summed E-state index contributed by atoms with van der Waals surface area (Å²) in [7, 11) is 0. The van der Waals surface area contributed by atoms with Gasteiger partial charge in [0.2, 0.25) is 0 Å². The first-order chi connectivity index (χ1) is 18.9. The number of carboxylic acids is 4. The Labute approximate surface area is 270 Å². The monoisotopic (exact) mass is 781 g/mol. The third-order valence-electron chi connectivity index (χ3n) is 6.68. The van der Waals surface area contributed by atoms with Gasteiger partial charge in [0.25, 0.3) is 0 Å². The Morgan fingerprint density at radius 3 is 0.902 bits per heavy atom. The smallest absolute Gasteiger partial charge is 0.0445 e. The normalized spacial score (nSPS) is 11.9. The molecule has 8 nitrogen and oxygen atoms in total. The van der Waals surface area contributed by atoms with Gasteiger partial charge in [0, 0.05) is 50.1 Å². The van der Waals surface area contributed by atoms with Gasteiger partial charge in [-0.2, -0.15) is 0 Å². The predicted molar refractivity (Wildman–Crippen MR) is 159 cm³/mol. The fraction of sp³-hybridized carbons (Fsp3) is 0.875. The molecule has 0 heterocycles. The Balaban J connectivity index is -0.000000139. The minimum Gasteiger partial charge on any atom is -0.550 e. The van der Waals surface area contributed by atoms with Crippen LogP contribution in [-0.2, 0) is 19.2 Å². The van der Waals surface area contributed by atoms with E-state index in [0.29, 0.717) is 19.3 Å². The summed E-state index contributed by atoms with van der Waals surface area (Å²) in [4.78, 5) is 40.9. The third kappa shape index (κ3) is 41.0. The first kappa shape index (κ1) is 49.4. The van der Waals surface area contributed by atoms with Gasteiger partial charge in [0.05, 0.1) is 0 Å². The fourth-order valence-electron chi connectivity index (χ4n) is 3.69. The zero-order chi connectivity index (χ0) is 31.8. The molecule has 0 amide bonds. The van der Waals surface area contributed by atoms with E-state index in [4.69, 9.17) is 0 Å². The van der Waals surface area contributed by atoms with Crippen LogP contribution < -0.4 is 20.4 Å². The van der Waals surface area contributed by atoms with Crippen molar-refractivity contribution < 1.29 is 39.6 Å². The topological polar surface area (TPSA) is 161 Å². The van der Waals surface area contributed by atoms with E-state index in [9.17, 15) is 39.6 Å². The molecule has 0 bridgehead atoms. The first-order valence-corrected chi connectivity index (χ1v) is 15.8. The van der Waals surface area contributed by atoms with E-state index in [1.807, 2.05) is 20.8 Å². The molecule has 41 heavy (non-hydrogen) atoms. The summed E-state index contributed by atoms with van der Waals surface area (Å²) in [5.74, 6) is -4.26. The molecule has 0 aromatic carbocycles. The third-order valence-corrected chi connectivity index (χ3v) is 6.68. The molecule has 3 unspecified atom stereocenters. The molecule has 0 aliphatic rings. The van der Waals surface area contributed by atoms with Crippen LogP contribution in [0.4, 0.5) is 0 Å². The summed E-state index contributed by atoms with van der Waals surface area (Å²) < 4.78 is 0. The average molecular weight is 782 g/mol. The first-order valence-electron chi connectivity index (χ1n) is 15.8. The van der Waals surface area contributed by atoms with Crippen molar-refractivity contribution in [2.45, 2.75) is 164 Å². The molecule has 0 rings (SSSR count). The Bertz CT molecular complexity index is 536. The van der Waals surface area contributed by atoms with E-state index in [-0.39, 0.29) is 50.4 Å². The molecule has 245 valence electrons. The quantitative estimate of drug-likeness (QED) is 0.126. The van der Waals surface area contributed by atoms with Gasteiger partial charge in [0.15, 0.2) is 0 Å². The maximum absolute atomic E-state index is 10.3. The van der Waals surface area contributed by atoms with Crippen LogP contribution in [0.15, 0.2) is 0 Å². The van der Waals surface area contributed by atoms with Crippen molar-refractivity contribution in [2.24, 2.45) is 17.8 Å². The van der Waals surface area contributed by atoms with Crippen molar-refractivity contribution in [2.75, 3.05) is 0 Å². The Morgan fingerprint density at radius 2 is 0.707 bits per heavy atom. The molecule has 0 aromatic rings. The van der Waals surface area contributed by atoms with Crippen molar-refractivity contribution >= 4 is 50.1 Å². The van der Waals surface area contributed by atoms with Crippen LogP contribution in [0, 0.1) is 17.8 Å². The van der Waals surface area contributed by atoms with Gasteiger partial charge in [-0.3, -0.25) is 0 Å². The van der Waals surface area contributed by atoms with Crippen molar-refractivity contribution in [3.05, 3.63) is 0 Å². The Kier molecular flexibility index (Phi) is 46.7. The molecule has 0 saturated carbocycles. The summed E-state index contributed by atoms with van der Waals surface area (Å²) in [6, 6.07) is 0. The minimum atomic E-state index is -0.920. The number of unbranched alkanes of at least 4 members (excludes halogenated alkanes) is 7. The van der Waals surface area contributed by atoms with Crippen molar-refractivity contribution in [1.29, 1.82) is 0 Å². The van der Waals surface area contributed by atoms with Crippen LogP contribution >= 0.6 is 0 Å². The average Bonchev–Trinajstić information content (AvgIpc) is 2.90. The van der Waals surface area contributed by atoms with Gasteiger partial charge in [-0.1, -0.05) is 113 Å². The number of hydrogen-bond donors (Lipinski definition) is 0. The zero-order valence-electron chi connectivity index (χ0n) is 27.2. The van der Waals surface area contributed by atoms with E-state index < -0.39 is 23.9 Å². The van der Waals surface area contributed by atoms with E-state index in [1.165, 1.54) is 12.8 Å². The molecule has 3 atom stereocenters. The van der Waals surface area contributed by atoms with Crippen LogP contribution in [0.1, 0.15) is 164 Å². The number of carboxylic acid groups (broad SMARTS) is 4. The molecule has 0 aliphatic carbocycles. The predicted octanol–water partition coefficient (Wildman–Crippen LogP) is 3.57. The standard InChI is InChI=1S/4C8H16O2.Bi/c3*1-3-5-6-7(4-2)8(9)10;1-2-3-4-5-6-7-8(9)10;/h3*7H,3-6H2,1-2H3,(H,9,10);2-7H2,1H3,(H,9,10);/p-4. The Hall–Kier alpha value is -1.24. The largest absolute Gasteiger partial charge is 0.550 e. The van der Waals surface area contributed by atoms with Gasteiger partial charge >= 0.3 is 0 Å². The van der Waals surface area contributed by atoms with E-state index in [1.54, 1.807) is 0 Å². The van der Waals surface area contributed by atoms with Crippen LogP contribution in [0.25, 0.3) is 0 Å². The number of rotatable bonds is 21. The van der Waals surface area contributed by atoms with Crippen LogP contribution in [0.5, 0.6) is 0 Å². The maximum atomic E-state index is 10.3.